The fourth-order valence-electron chi connectivity index (χ4n) is 5.77. The lowest BCUT2D eigenvalue weighted by atomic mass is 9.66. The van der Waals surface area contributed by atoms with Crippen molar-refractivity contribution in [3.8, 4) is 0 Å². The number of ether oxygens (including phenoxy) is 2. The van der Waals surface area contributed by atoms with Gasteiger partial charge in [-0.05, 0) is 12.5 Å². The van der Waals surface area contributed by atoms with Crippen molar-refractivity contribution in [3.05, 3.63) is 35.9 Å². The predicted molar refractivity (Wildman–Crippen MR) is 88.8 cm³/mol. The largest absolute Gasteiger partial charge is 0.465 e. The van der Waals surface area contributed by atoms with Gasteiger partial charge in [0, 0.05) is 20.6 Å². The number of esters is 1. The molecule has 3 fully saturated rings. The van der Waals surface area contributed by atoms with Gasteiger partial charge in [0.2, 0.25) is 0 Å². The van der Waals surface area contributed by atoms with Gasteiger partial charge in [-0.3, -0.25) is 14.4 Å². The molecule has 1 N–H and O–H groups in total. The minimum absolute atomic E-state index is 0.0793. The predicted octanol–water partition coefficient (Wildman–Crippen LogP) is 0.252. The van der Waals surface area contributed by atoms with Gasteiger partial charge in [-0.25, -0.2) is 0 Å². The monoisotopic (exact) mass is 359 g/mol. The second kappa shape index (κ2) is 5.14. The number of benzene rings is 1. The first-order valence-electron chi connectivity index (χ1n) is 8.64. The normalized spacial score (nSPS) is 40.4. The summed E-state index contributed by atoms with van der Waals surface area (Å²) in [6.07, 6.45) is -1.35. The summed E-state index contributed by atoms with van der Waals surface area (Å²) in [5.74, 6) is -2.41. The van der Waals surface area contributed by atoms with Crippen molar-refractivity contribution in [3.63, 3.8) is 0 Å². The fourth-order valence-corrected chi connectivity index (χ4v) is 5.77. The molecule has 26 heavy (non-hydrogen) atoms. The Morgan fingerprint density at radius 2 is 1.96 bits per heavy atom. The van der Waals surface area contributed by atoms with E-state index in [1.54, 1.807) is 31.2 Å². The molecule has 1 heterocycles. The second-order valence-corrected chi connectivity index (χ2v) is 7.17. The topological polar surface area (TPSA) is 93.1 Å². The Kier molecular flexibility index (Phi) is 3.40. The zero-order valence-electron chi connectivity index (χ0n) is 14.9. The van der Waals surface area contributed by atoms with Crippen LogP contribution >= 0.6 is 0 Å². The van der Waals surface area contributed by atoms with E-state index in [0.29, 0.717) is 5.56 Å². The molecule has 2 aliphatic carbocycles. The van der Waals surface area contributed by atoms with Gasteiger partial charge in [-0.2, -0.15) is 0 Å². The van der Waals surface area contributed by atoms with Crippen LogP contribution in [0.1, 0.15) is 18.9 Å². The van der Waals surface area contributed by atoms with Crippen LogP contribution in [0.5, 0.6) is 0 Å². The highest BCUT2D eigenvalue weighted by molar-refractivity contribution is 6.11. The molecule has 3 aliphatic rings. The first-order chi connectivity index (χ1) is 12.4. The lowest BCUT2D eigenvalue weighted by Crippen LogP contribution is -2.64. The van der Waals surface area contributed by atoms with Gasteiger partial charge >= 0.3 is 5.97 Å². The fraction of sp³-hybridized carbons (Fsp3) is 0.526. The number of carbonyl (C=O) groups excluding carboxylic acids is 3. The molecule has 7 heteroatoms. The SMILES string of the molecule is CCOC(=O)[C@]12CC(=O)[C@@H]3C(OC)[C@@]1(O)C(=O)N(C)[C@@]32c1ccccc1. The van der Waals surface area contributed by atoms with E-state index in [1.165, 1.54) is 19.1 Å². The maximum absolute atomic E-state index is 13.2. The van der Waals surface area contributed by atoms with Crippen molar-refractivity contribution in [1.82, 2.24) is 4.90 Å². The molecule has 0 spiro atoms. The van der Waals surface area contributed by atoms with Gasteiger partial charge < -0.3 is 19.5 Å². The van der Waals surface area contributed by atoms with Gasteiger partial charge in [0.05, 0.1) is 12.5 Å². The lowest BCUT2D eigenvalue weighted by molar-refractivity contribution is -0.193. The number of likely N-dealkylation sites (tertiary alicyclic amines) is 1. The molecular formula is C19H21NO6. The Morgan fingerprint density at radius 3 is 2.54 bits per heavy atom. The second-order valence-electron chi connectivity index (χ2n) is 7.17. The maximum atomic E-state index is 13.2. The zero-order chi connectivity index (χ0) is 18.9. The molecule has 1 aliphatic heterocycles. The molecule has 5 atom stereocenters. The number of ketones is 1. The first-order valence-corrected chi connectivity index (χ1v) is 8.64. The summed E-state index contributed by atoms with van der Waals surface area (Å²) in [6.45, 7) is 1.73. The number of rotatable bonds is 4. The van der Waals surface area contributed by atoms with Crippen molar-refractivity contribution in [2.24, 2.45) is 11.3 Å². The minimum Gasteiger partial charge on any atom is -0.465 e. The van der Waals surface area contributed by atoms with E-state index in [1.807, 2.05) is 6.07 Å². The summed E-state index contributed by atoms with van der Waals surface area (Å²) in [4.78, 5) is 40.6. The first kappa shape index (κ1) is 17.2. The number of Topliss-reactive ketones (excluding diaryl/α,β-unsaturated/α-hetero) is 1. The molecular weight excluding hydrogens is 338 g/mol. The van der Waals surface area contributed by atoms with Gasteiger partial charge in [-0.1, -0.05) is 30.3 Å². The van der Waals surface area contributed by atoms with E-state index in [4.69, 9.17) is 9.47 Å². The Morgan fingerprint density at radius 1 is 1.31 bits per heavy atom. The Labute approximate surface area is 150 Å². The van der Waals surface area contributed by atoms with E-state index in [2.05, 4.69) is 0 Å². The van der Waals surface area contributed by atoms with Crippen LogP contribution in [0.2, 0.25) is 0 Å². The Hall–Kier alpha value is -2.25. The van der Waals surface area contributed by atoms with Crippen molar-refractivity contribution in [2.75, 3.05) is 20.8 Å². The van der Waals surface area contributed by atoms with E-state index >= 15 is 0 Å². The highest BCUT2D eigenvalue weighted by Gasteiger charge is 2.94. The van der Waals surface area contributed by atoms with Crippen LogP contribution in [0.25, 0.3) is 0 Å². The molecule has 0 aromatic heterocycles. The molecule has 0 radical (unpaired) electrons. The summed E-state index contributed by atoms with van der Waals surface area (Å²) in [5, 5.41) is 11.6. The molecule has 4 bridgehead atoms. The number of amides is 1. The van der Waals surface area contributed by atoms with Gasteiger partial charge in [0.1, 0.15) is 22.8 Å². The third-order valence-electron chi connectivity index (χ3n) is 6.50. The van der Waals surface area contributed by atoms with Crippen molar-refractivity contribution >= 4 is 17.7 Å². The van der Waals surface area contributed by atoms with E-state index in [9.17, 15) is 19.5 Å². The number of methoxy groups -OCH3 is 1. The molecule has 1 aromatic carbocycles. The van der Waals surface area contributed by atoms with Crippen molar-refractivity contribution in [2.45, 2.75) is 30.6 Å². The van der Waals surface area contributed by atoms with Gasteiger partial charge in [-0.15, -0.1) is 0 Å². The number of aliphatic hydroxyl groups is 1. The van der Waals surface area contributed by atoms with Crippen LogP contribution in [0.15, 0.2) is 30.3 Å². The van der Waals surface area contributed by atoms with Crippen molar-refractivity contribution in [1.29, 1.82) is 0 Å². The lowest BCUT2D eigenvalue weighted by Gasteiger charge is -2.43. The van der Waals surface area contributed by atoms with Crippen LogP contribution in [-0.4, -0.2) is 60.1 Å². The quantitative estimate of drug-likeness (QED) is 0.775. The zero-order valence-corrected chi connectivity index (χ0v) is 14.9. The van der Waals surface area contributed by atoms with E-state index < -0.39 is 40.5 Å². The number of carbonyl (C=O) groups is 3. The molecule has 4 rings (SSSR count). The van der Waals surface area contributed by atoms with Gasteiger partial charge in [0.25, 0.3) is 5.91 Å². The number of likely N-dealkylation sites (N-methyl/N-ethyl adjacent to an activating group) is 1. The summed E-state index contributed by atoms with van der Waals surface area (Å²) >= 11 is 0. The van der Waals surface area contributed by atoms with Crippen LogP contribution in [0.4, 0.5) is 0 Å². The Balaban J connectivity index is 2.11. The number of piperidine rings is 1. The highest BCUT2D eigenvalue weighted by atomic mass is 16.5. The van der Waals surface area contributed by atoms with Crippen molar-refractivity contribution < 1.29 is 29.0 Å². The Bertz CT molecular complexity index is 810. The minimum atomic E-state index is -2.14. The molecule has 1 aromatic rings. The third-order valence-corrected chi connectivity index (χ3v) is 6.50. The molecule has 138 valence electrons. The number of hydrogen-bond acceptors (Lipinski definition) is 6. The maximum Gasteiger partial charge on any atom is 0.318 e. The molecule has 1 amide bonds. The molecule has 1 unspecified atom stereocenters. The number of nitrogens with zero attached hydrogens (tertiary/aromatic N) is 1. The summed E-state index contributed by atoms with van der Waals surface area (Å²) in [5.41, 5.74) is -4.58. The molecule has 1 saturated heterocycles. The van der Waals surface area contributed by atoms with Crippen LogP contribution in [-0.2, 0) is 29.4 Å². The summed E-state index contributed by atoms with van der Waals surface area (Å²) in [7, 11) is 2.87. The van der Waals surface area contributed by atoms with Crippen LogP contribution in [0, 0.1) is 11.3 Å². The smallest absolute Gasteiger partial charge is 0.318 e. The highest BCUT2D eigenvalue weighted by Crippen LogP contribution is 2.75. The average Bonchev–Trinajstić information content (AvgIpc) is 3.08. The standard InChI is InChI=1S/C19H21NO6/c1-4-26-16(23)17-10-12(21)13-14(25-3)19(17,24)15(22)20(2)18(13,17)11-8-6-5-7-9-11/h5-9,13-14,24H,4,10H2,1-3H3/t13-,14?,17+,18+,19-/m1/s1. The average molecular weight is 359 g/mol. The van der Waals surface area contributed by atoms with Crippen LogP contribution < -0.4 is 0 Å². The van der Waals surface area contributed by atoms with E-state index in [0.717, 1.165) is 0 Å². The molecule has 2 saturated carbocycles. The van der Waals surface area contributed by atoms with Gasteiger partial charge in [0.15, 0.2) is 5.60 Å². The number of hydrogen-bond donors (Lipinski definition) is 1. The van der Waals surface area contributed by atoms with Crippen LogP contribution in [0.3, 0.4) is 0 Å². The van der Waals surface area contributed by atoms with E-state index in [-0.39, 0.29) is 18.8 Å². The molecule has 7 nitrogen and oxygen atoms in total. The summed E-state index contributed by atoms with van der Waals surface area (Å²) in [6, 6.07) is 8.91. The third kappa shape index (κ3) is 1.40. The summed E-state index contributed by atoms with van der Waals surface area (Å²) < 4.78 is 10.7.